The number of carbonyl (C=O) groups is 3. The van der Waals surface area contributed by atoms with Crippen LogP contribution in [-0.2, 0) is 16.1 Å². The third kappa shape index (κ3) is 7.04. The van der Waals surface area contributed by atoms with E-state index in [1.807, 2.05) is 43.4 Å². The molecule has 0 bridgehead atoms. The molecule has 50 heavy (non-hydrogen) atoms. The number of hydrogen-bond donors (Lipinski definition) is 2. The monoisotopic (exact) mass is 688 g/mol. The number of piperidine rings is 1. The smallest absolute Gasteiger partial charge is 0.255 e. The number of aryl methyl sites for hydroxylation is 1. The first-order chi connectivity index (χ1) is 24.2. The number of nitrogens with zero attached hydrogens (tertiary/aromatic N) is 4. The van der Waals surface area contributed by atoms with E-state index in [9.17, 15) is 14.4 Å². The molecule has 0 radical (unpaired) electrons. The minimum absolute atomic E-state index is 0.176. The van der Waals surface area contributed by atoms with Crippen LogP contribution in [0.2, 0.25) is 0 Å². The van der Waals surface area contributed by atoms with Gasteiger partial charge in [0.1, 0.15) is 22.6 Å². The Morgan fingerprint density at radius 1 is 0.960 bits per heavy atom. The molecule has 3 aromatic carbocycles. The van der Waals surface area contributed by atoms with Crippen LogP contribution in [-0.4, -0.2) is 65.9 Å². The van der Waals surface area contributed by atoms with Crippen molar-refractivity contribution in [3.63, 3.8) is 0 Å². The van der Waals surface area contributed by atoms with E-state index in [4.69, 9.17) is 9.72 Å². The summed E-state index contributed by atoms with van der Waals surface area (Å²) < 4.78 is 7.15. The summed E-state index contributed by atoms with van der Waals surface area (Å²) in [5.41, 5.74) is 8.09. The van der Waals surface area contributed by atoms with E-state index in [2.05, 4.69) is 65.0 Å². The van der Waals surface area contributed by atoms with Gasteiger partial charge in [-0.25, -0.2) is 9.97 Å². The van der Waals surface area contributed by atoms with Crippen molar-refractivity contribution in [3.05, 3.63) is 89.6 Å². The standard InChI is InChI=1S/C39H40N6O4S/c1-24-19-25(26-8-15-35(41-22-26)44(2)3)7-11-30(24)38-42-32-13-9-28(21-34(32)50-38)40-17-5-4-6-18-49-29-10-12-31-27(20-29)23-45(39(31)48)33-14-16-36(46)43-37(33)47/h7-13,15,19-22,33,40H,4-6,14,16-18,23H2,1-3H3,(H,43,46,47). The molecule has 10 nitrogen and oxygen atoms in total. The SMILES string of the molecule is Cc1cc(-c2ccc(N(C)C)nc2)ccc1-c1nc2ccc(NCCCCCOc3ccc4c(c3)CN(C3CCC(=O)NC3=O)C4=O)cc2s1. The fraction of sp³-hybridized carbons (Fsp3) is 0.308. The van der Waals surface area contributed by atoms with Crippen LogP contribution in [0.3, 0.4) is 0 Å². The molecule has 2 aliphatic rings. The van der Waals surface area contributed by atoms with E-state index in [1.54, 1.807) is 22.3 Å². The molecule has 0 spiro atoms. The highest BCUT2D eigenvalue weighted by molar-refractivity contribution is 7.21. The highest BCUT2D eigenvalue weighted by atomic mass is 32.1. The summed E-state index contributed by atoms with van der Waals surface area (Å²) in [7, 11) is 3.98. The number of amides is 3. The van der Waals surface area contributed by atoms with Gasteiger partial charge in [0.15, 0.2) is 0 Å². The van der Waals surface area contributed by atoms with Crippen LogP contribution in [0.5, 0.6) is 5.75 Å². The van der Waals surface area contributed by atoms with Gasteiger partial charge in [0.25, 0.3) is 5.91 Å². The van der Waals surface area contributed by atoms with Gasteiger partial charge in [-0.3, -0.25) is 19.7 Å². The number of nitrogens with one attached hydrogen (secondary N) is 2. The van der Waals surface area contributed by atoms with Crippen molar-refractivity contribution in [2.75, 3.05) is 37.5 Å². The molecule has 1 saturated heterocycles. The highest BCUT2D eigenvalue weighted by Crippen LogP contribution is 2.35. The Hall–Kier alpha value is -5.29. The van der Waals surface area contributed by atoms with Gasteiger partial charge in [0.05, 0.1) is 16.8 Å². The molecule has 4 heterocycles. The lowest BCUT2D eigenvalue weighted by atomic mass is 10.0. The summed E-state index contributed by atoms with van der Waals surface area (Å²) in [4.78, 5) is 49.8. The molecule has 256 valence electrons. The Morgan fingerprint density at radius 2 is 1.80 bits per heavy atom. The second kappa shape index (κ2) is 14.3. The summed E-state index contributed by atoms with van der Waals surface area (Å²) in [5.74, 6) is 0.788. The maximum Gasteiger partial charge on any atom is 0.255 e. The maximum atomic E-state index is 12.9. The van der Waals surface area contributed by atoms with Crippen LogP contribution in [0, 0.1) is 6.92 Å². The Kier molecular flexibility index (Phi) is 9.49. The molecule has 0 saturated carbocycles. The van der Waals surface area contributed by atoms with E-state index < -0.39 is 11.9 Å². The largest absolute Gasteiger partial charge is 0.494 e. The molecule has 2 aromatic heterocycles. The molecule has 1 unspecified atom stereocenters. The topological polar surface area (TPSA) is 117 Å². The Balaban J connectivity index is 0.867. The normalized spacial score (nSPS) is 15.7. The second-order valence-corrected chi connectivity index (χ2v) is 14.1. The molecule has 0 aliphatic carbocycles. The second-order valence-electron chi connectivity index (χ2n) is 13.1. The lowest BCUT2D eigenvalue weighted by Crippen LogP contribution is -2.52. The molecule has 2 N–H and O–H groups in total. The molecule has 11 heteroatoms. The van der Waals surface area contributed by atoms with Crippen LogP contribution in [0.4, 0.5) is 11.5 Å². The molecule has 3 amide bonds. The molecule has 5 aromatic rings. The zero-order valence-electron chi connectivity index (χ0n) is 28.5. The zero-order chi connectivity index (χ0) is 34.8. The van der Waals surface area contributed by atoms with Crippen LogP contribution >= 0.6 is 11.3 Å². The number of thiazole rings is 1. The van der Waals surface area contributed by atoms with Crippen LogP contribution in [0.25, 0.3) is 31.9 Å². The third-order valence-corrected chi connectivity index (χ3v) is 10.4. The van der Waals surface area contributed by atoms with E-state index in [0.29, 0.717) is 25.1 Å². The number of pyridine rings is 1. The van der Waals surface area contributed by atoms with Gasteiger partial charge < -0.3 is 19.9 Å². The quantitative estimate of drug-likeness (QED) is 0.108. The van der Waals surface area contributed by atoms with Crippen molar-refractivity contribution in [1.29, 1.82) is 0 Å². The van der Waals surface area contributed by atoms with E-state index in [1.165, 1.54) is 5.56 Å². The fourth-order valence-corrected chi connectivity index (χ4v) is 7.62. The minimum atomic E-state index is -0.615. The van der Waals surface area contributed by atoms with Crippen molar-refractivity contribution >= 4 is 50.8 Å². The molecule has 7 rings (SSSR count). The third-order valence-electron chi connectivity index (χ3n) is 9.30. The molecule has 1 atom stereocenters. The highest BCUT2D eigenvalue weighted by Gasteiger charge is 2.39. The number of anilines is 2. The van der Waals surface area contributed by atoms with Gasteiger partial charge in [-0.1, -0.05) is 18.2 Å². The first-order valence-electron chi connectivity index (χ1n) is 17.0. The summed E-state index contributed by atoms with van der Waals surface area (Å²) in [6, 6.07) is 21.9. The van der Waals surface area contributed by atoms with Gasteiger partial charge in [0, 0.05) is 62.2 Å². The van der Waals surface area contributed by atoms with Crippen LogP contribution < -0.4 is 20.3 Å². The van der Waals surface area contributed by atoms with Gasteiger partial charge >= 0.3 is 0 Å². The Morgan fingerprint density at radius 3 is 2.58 bits per heavy atom. The minimum Gasteiger partial charge on any atom is -0.494 e. The number of benzene rings is 3. The average molecular weight is 689 g/mol. The van der Waals surface area contributed by atoms with Crippen LogP contribution in [0.1, 0.15) is 53.6 Å². The maximum absolute atomic E-state index is 12.9. The number of fused-ring (bicyclic) bond motifs is 2. The van der Waals surface area contributed by atoms with Gasteiger partial charge in [-0.05, 0) is 97.8 Å². The van der Waals surface area contributed by atoms with Crippen molar-refractivity contribution in [1.82, 2.24) is 20.2 Å². The average Bonchev–Trinajstić information content (AvgIpc) is 3.67. The number of carbonyl (C=O) groups excluding carboxylic acids is 3. The lowest BCUT2D eigenvalue weighted by molar-refractivity contribution is -0.136. The van der Waals surface area contributed by atoms with E-state index >= 15 is 0 Å². The summed E-state index contributed by atoms with van der Waals surface area (Å²) >= 11 is 1.71. The Bertz CT molecular complexity index is 2080. The summed E-state index contributed by atoms with van der Waals surface area (Å²) in [5, 5.41) is 6.92. The number of imide groups is 1. The van der Waals surface area contributed by atoms with Crippen molar-refractivity contribution < 1.29 is 19.1 Å². The van der Waals surface area contributed by atoms with E-state index in [0.717, 1.165) is 80.5 Å². The number of unbranched alkanes of at least 4 members (excludes halogenated alkanes) is 2. The van der Waals surface area contributed by atoms with Crippen molar-refractivity contribution in [3.8, 4) is 27.4 Å². The van der Waals surface area contributed by atoms with Crippen molar-refractivity contribution in [2.24, 2.45) is 0 Å². The fourth-order valence-electron chi connectivity index (χ4n) is 6.52. The van der Waals surface area contributed by atoms with Crippen LogP contribution in [0.15, 0.2) is 72.9 Å². The molecule has 2 aliphatic heterocycles. The summed E-state index contributed by atoms with van der Waals surface area (Å²) in [6.45, 7) is 3.92. The zero-order valence-corrected chi connectivity index (χ0v) is 29.3. The van der Waals surface area contributed by atoms with E-state index in [-0.39, 0.29) is 18.2 Å². The first-order valence-corrected chi connectivity index (χ1v) is 17.8. The van der Waals surface area contributed by atoms with Gasteiger partial charge in [-0.15, -0.1) is 11.3 Å². The predicted octanol–water partition coefficient (Wildman–Crippen LogP) is 6.82. The number of ether oxygens (including phenoxy) is 1. The van der Waals surface area contributed by atoms with Crippen molar-refractivity contribution in [2.45, 2.75) is 51.6 Å². The number of hydrogen-bond acceptors (Lipinski definition) is 9. The summed E-state index contributed by atoms with van der Waals surface area (Å²) in [6.07, 6.45) is 5.45. The molecular formula is C39H40N6O4S. The Labute approximate surface area is 295 Å². The number of aromatic nitrogens is 2. The van der Waals surface area contributed by atoms with Gasteiger partial charge in [0.2, 0.25) is 11.8 Å². The number of rotatable bonds is 12. The molecular weight excluding hydrogens is 649 g/mol. The van der Waals surface area contributed by atoms with Gasteiger partial charge in [-0.2, -0.15) is 0 Å². The lowest BCUT2D eigenvalue weighted by Gasteiger charge is -2.29. The molecule has 1 fully saturated rings. The predicted molar refractivity (Wildman–Crippen MR) is 198 cm³/mol. The first kappa shape index (κ1) is 33.2.